The van der Waals surface area contributed by atoms with Crippen LogP contribution in [-0.4, -0.2) is 12.7 Å². The minimum atomic E-state index is -4.07. The van der Waals surface area contributed by atoms with Gasteiger partial charge in [0.05, 0.1) is 0 Å². The highest BCUT2D eigenvalue weighted by Crippen LogP contribution is 2.09. The van der Waals surface area contributed by atoms with E-state index >= 15 is 0 Å². The average Bonchev–Trinajstić information content (AvgIpc) is 1.63. The van der Waals surface area contributed by atoms with Gasteiger partial charge < -0.3 is 10.8 Å². The van der Waals surface area contributed by atoms with Crippen molar-refractivity contribution in [2.45, 2.75) is 13.1 Å². The van der Waals surface area contributed by atoms with Gasteiger partial charge in [-0.25, -0.2) is 0 Å². The molecule has 0 aromatic heterocycles. The maximum Gasteiger partial charge on any atom is 0.438 e. The molecule has 0 bridgehead atoms. The van der Waals surface area contributed by atoms with Crippen LogP contribution in [0, 0.1) is 0 Å². The van der Waals surface area contributed by atoms with Crippen LogP contribution >= 0.6 is 0 Å². The van der Waals surface area contributed by atoms with Gasteiger partial charge in [-0.2, -0.15) is 13.2 Å². The topological polar surface area (TPSA) is 50.7 Å². The highest BCUT2D eigenvalue weighted by atomic mass is 19.4. The van der Waals surface area contributed by atoms with Gasteiger partial charge in [-0.05, 0) is 0 Å². The van der Waals surface area contributed by atoms with Gasteiger partial charge in [-0.3, -0.25) is 0 Å². The third kappa shape index (κ3) is 55.0. The van der Waals surface area contributed by atoms with E-state index in [0.29, 0.717) is 0 Å². The van der Waals surface area contributed by atoms with E-state index in [1.165, 1.54) is 6.92 Å². The van der Waals surface area contributed by atoms with Gasteiger partial charge in [0, 0.05) is 0 Å². The first kappa shape index (κ1) is 12.0. The van der Waals surface area contributed by atoms with E-state index in [1.807, 2.05) is 0 Å². The summed E-state index contributed by atoms with van der Waals surface area (Å²) in [5.41, 5.74) is 2.63. The summed E-state index contributed by atoms with van der Waals surface area (Å²) in [5.74, 6) is -0.0833. The summed E-state index contributed by atoms with van der Waals surface area (Å²) in [6.07, 6.45) is -4.07. The Balaban J connectivity index is 0. The third-order valence-electron chi connectivity index (χ3n) is 0.283. The molecule has 0 heterocycles. The molecule has 0 rings (SSSR count). The van der Waals surface area contributed by atoms with E-state index in [2.05, 4.69) is 12.3 Å². The summed E-state index contributed by atoms with van der Waals surface area (Å²) in [4.78, 5) is 0. The van der Waals surface area contributed by atoms with Gasteiger partial charge in [-0.15, -0.1) is 12.3 Å². The van der Waals surface area contributed by atoms with Gasteiger partial charge in [0.25, 0.3) is 0 Å². The largest absolute Gasteiger partial charge is 0.876 e. The molecule has 3 N–H and O–H groups in total. The van der Waals surface area contributed by atoms with E-state index in [4.69, 9.17) is 0 Å². The Kier molecular flexibility index (Phi) is 6.13. The van der Waals surface area contributed by atoms with Crippen LogP contribution < -0.4 is 10.8 Å². The van der Waals surface area contributed by atoms with Crippen LogP contribution in [0.4, 0.5) is 13.2 Å². The van der Waals surface area contributed by atoms with E-state index in [-0.39, 0.29) is 5.76 Å². The second kappa shape index (κ2) is 5.10. The second-order valence-electron chi connectivity index (χ2n) is 1.57. The van der Waals surface area contributed by atoms with Crippen molar-refractivity contribution in [3.8, 4) is 0 Å². The number of allylic oxidation sites excluding steroid dienone is 1. The van der Waals surface area contributed by atoms with Crippen molar-refractivity contribution in [1.29, 1.82) is 0 Å². The Hall–Kier alpha value is -0.710. The molecule has 5 heteroatoms. The number of hydrogen-bond donors (Lipinski definition) is 1. The lowest BCUT2D eigenvalue weighted by Crippen LogP contribution is -2.57. The monoisotopic (exact) mass is 157 g/mol. The Labute approximate surface area is 57.1 Å². The molecule has 0 saturated heterocycles. The first-order valence-electron chi connectivity index (χ1n) is 2.48. The standard InChI is InChI=1S/C3H6O.C2H4F3N/c1-3(2)4;3-2(4,5)1-6/h4H,1H2,2H3;1,6H2. The first-order valence-corrected chi connectivity index (χ1v) is 2.48. The van der Waals surface area contributed by atoms with Crippen molar-refractivity contribution in [3.05, 3.63) is 12.3 Å². The predicted octanol–water partition coefficient (Wildman–Crippen LogP) is -0.329. The van der Waals surface area contributed by atoms with E-state index < -0.39 is 12.7 Å². The molecule has 2 nitrogen and oxygen atoms in total. The van der Waals surface area contributed by atoms with Crippen molar-refractivity contribution in [3.63, 3.8) is 0 Å². The lowest BCUT2D eigenvalue weighted by molar-refractivity contribution is -0.426. The smallest absolute Gasteiger partial charge is 0.438 e. The van der Waals surface area contributed by atoms with Crippen LogP contribution in [0.2, 0.25) is 0 Å². The van der Waals surface area contributed by atoms with Gasteiger partial charge in [0.1, 0.15) is 0 Å². The van der Waals surface area contributed by atoms with Crippen LogP contribution in [0.1, 0.15) is 6.92 Å². The zero-order valence-electron chi connectivity index (χ0n) is 5.66. The van der Waals surface area contributed by atoms with Crippen molar-refractivity contribution < 1.29 is 24.0 Å². The fraction of sp³-hybridized carbons (Fsp3) is 0.600. The molecule has 0 unspecified atom stereocenters. The molecule has 0 amide bonds. The van der Waals surface area contributed by atoms with E-state index in [0.717, 1.165) is 0 Å². The molecule has 0 aliphatic carbocycles. The zero-order chi connectivity index (χ0) is 8.78. The number of quaternary nitrogens is 1. The average molecular weight is 157 g/mol. The summed E-state index contributed by atoms with van der Waals surface area (Å²) in [7, 11) is 0. The fourth-order valence-electron chi connectivity index (χ4n) is 0. The van der Waals surface area contributed by atoms with Gasteiger partial charge in [0.15, 0.2) is 6.54 Å². The molecule has 10 heavy (non-hydrogen) atoms. The quantitative estimate of drug-likeness (QED) is 0.481. The van der Waals surface area contributed by atoms with Crippen LogP contribution in [0.25, 0.3) is 0 Å². The molecule has 0 aromatic rings. The van der Waals surface area contributed by atoms with E-state index in [1.54, 1.807) is 0 Å². The lowest BCUT2D eigenvalue weighted by Gasteiger charge is -1.93. The molecule has 62 valence electrons. The Bertz CT molecular complexity index is 95.6. The van der Waals surface area contributed by atoms with Gasteiger partial charge in [-0.1, -0.05) is 6.92 Å². The first-order chi connectivity index (χ1) is 4.29. The summed E-state index contributed by atoms with van der Waals surface area (Å²) in [5, 5.41) is 9.33. The predicted molar refractivity (Wildman–Crippen MR) is 28.6 cm³/mol. The number of hydrogen-bond acceptors (Lipinski definition) is 1. The number of halogens is 3. The molecule has 0 aliphatic heterocycles. The third-order valence-corrected chi connectivity index (χ3v) is 0.283. The maximum absolute atomic E-state index is 10.7. The number of alkyl halides is 3. The molecular weight excluding hydrogens is 147 g/mol. The molecule has 0 atom stereocenters. The van der Waals surface area contributed by atoms with E-state index in [9.17, 15) is 18.3 Å². The van der Waals surface area contributed by atoms with Gasteiger partial charge >= 0.3 is 6.18 Å². The van der Waals surface area contributed by atoms with Gasteiger partial charge in [0.2, 0.25) is 0 Å². The Morgan fingerprint density at radius 2 is 1.70 bits per heavy atom. The Morgan fingerprint density at radius 1 is 1.60 bits per heavy atom. The lowest BCUT2D eigenvalue weighted by atomic mass is 10.7. The van der Waals surface area contributed by atoms with Crippen LogP contribution in [0.15, 0.2) is 12.3 Å². The Morgan fingerprint density at radius 3 is 1.70 bits per heavy atom. The van der Waals surface area contributed by atoms with Crippen LogP contribution in [0.3, 0.4) is 0 Å². The zero-order valence-corrected chi connectivity index (χ0v) is 5.66. The summed E-state index contributed by atoms with van der Waals surface area (Å²) >= 11 is 0. The van der Waals surface area contributed by atoms with Crippen molar-refractivity contribution in [1.82, 2.24) is 0 Å². The minimum absolute atomic E-state index is 0.0833. The van der Waals surface area contributed by atoms with Crippen molar-refractivity contribution >= 4 is 0 Å². The number of rotatable bonds is 0. The summed E-state index contributed by atoms with van der Waals surface area (Å²) in [6.45, 7) is 3.44. The molecule has 0 radical (unpaired) electrons. The molecule has 0 spiro atoms. The SMILES string of the molecule is C=C(C)[O-].[NH3+]CC(F)(F)F. The normalized spacial score (nSPS) is 9.70. The van der Waals surface area contributed by atoms with Crippen LogP contribution in [-0.2, 0) is 0 Å². The highest BCUT2D eigenvalue weighted by Gasteiger charge is 2.26. The summed E-state index contributed by atoms with van der Waals surface area (Å²) in [6, 6.07) is 0. The molecule has 0 saturated carbocycles. The van der Waals surface area contributed by atoms with Crippen LogP contribution in [0.5, 0.6) is 0 Å². The van der Waals surface area contributed by atoms with Crippen molar-refractivity contribution in [2.75, 3.05) is 6.54 Å². The van der Waals surface area contributed by atoms with Crippen molar-refractivity contribution in [2.24, 2.45) is 0 Å². The highest BCUT2D eigenvalue weighted by molar-refractivity contribution is 4.64. The molecule has 0 aromatic carbocycles. The molecule has 0 fully saturated rings. The summed E-state index contributed by atoms with van der Waals surface area (Å²) < 4.78 is 32.2. The second-order valence-corrected chi connectivity index (χ2v) is 1.57. The fourth-order valence-corrected chi connectivity index (χ4v) is 0. The maximum atomic E-state index is 10.7. The minimum Gasteiger partial charge on any atom is -0.876 e. The molecular formula is C5H10F3NO. The molecule has 0 aliphatic rings.